The maximum Gasteiger partial charge on any atom is 0.337 e. The van der Waals surface area contributed by atoms with E-state index in [0.29, 0.717) is 11.6 Å². The lowest BCUT2D eigenvalue weighted by Crippen LogP contribution is -2.43. The van der Waals surface area contributed by atoms with Crippen LogP contribution in [-0.4, -0.2) is 24.0 Å². The van der Waals surface area contributed by atoms with Crippen molar-refractivity contribution in [3.8, 4) is 5.75 Å². The second-order valence-corrected chi connectivity index (χ2v) is 7.16. The zero-order chi connectivity index (χ0) is 17.9. The van der Waals surface area contributed by atoms with Gasteiger partial charge in [-0.15, -0.1) is 0 Å². The molecule has 136 valence electrons. The molecule has 0 spiro atoms. The Kier molecular flexibility index (Phi) is 4.93. The van der Waals surface area contributed by atoms with E-state index in [1.165, 1.54) is 44.8 Å². The number of benzene rings is 2. The van der Waals surface area contributed by atoms with Gasteiger partial charge in [-0.25, -0.2) is 4.79 Å². The third-order valence-electron chi connectivity index (χ3n) is 5.53. The maximum absolute atomic E-state index is 11.7. The van der Waals surface area contributed by atoms with E-state index < -0.39 is 0 Å². The zero-order valence-electron chi connectivity index (χ0n) is 15.2. The summed E-state index contributed by atoms with van der Waals surface area (Å²) in [5.74, 6) is 0.650. The Morgan fingerprint density at radius 3 is 2.50 bits per heavy atom. The first kappa shape index (κ1) is 17.1. The van der Waals surface area contributed by atoms with Crippen molar-refractivity contribution < 1.29 is 14.3 Å². The first-order valence-corrected chi connectivity index (χ1v) is 9.45. The van der Waals surface area contributed by atoms with Gasteiger partial charge in [0.05, 0.1) is 12.7 Å². The molecule has 4 nitrogen and oxygen atoms in total. The number of fused-ring (bicyclic) bond motifs is 1. The number of carbonyl (C=O) groups excluding carboxylic acids is 1. The van der Waals surface area contributed by atoms with Gasteiger partial charge in [0.25, 0.3) is 0 Å². The Morgan fingerprint density at radius 2 is 1.77 bits per heavy atom. The van der Waals surface area contributed by atoms with Gasteiger partial charge in [0, 0.05) is 23.7 Å². The van der Waals surface area contributed by atoms with Crippen molar-refractivity contribution in [1.82, 2.24) is 4.90 Å². The smallest absolute Gasteiger partial charge is 0.337 e. The summed E-state index contributed by atoms with van der Waals surface area (Å²) >= 11 is 0. The van der Waals surface area contributed by atoms with E-state index in [4.69, 9.17) is 9.47 Å². The van der Waals surface area contributed by atoms with Crippen molar-refractivity contribution in [2.45, 2.75) is 50.9 Å². The Hall–Kier alpha value is -2.33. The molecule has 0 unspecified atom stereocenters. The molecule has 1 heterocycles. The molecule has 4 rings (SSSR count). The summed E-state index contributed by atoms with van der Waals surface area (Å²) in [5, 5.41) is 0. The van der Waals surface area contributed by atoms with Crippen LogP contribution in [-0.2, 0) is 11.3 Å². The lowest BCUT2D eigenvalue weighted by atomic mass is 9.92. The van der Waals surface area contributed by atoms with Gasteiger partial charge >= 0.3 is 5.97 Å². The van der Waals surface area contributed by atoms with Crippen LogP contribution >= 0.6 is 0 Å². The SMILES string of the molecule is COC(=O)c1ccc([C@@H]2Oc3ccccc3CN2C2CCCCC2)cc1. The Bertz CT molecular complexity index is 765. The molecule has 0 saturated heterocycles. The molecule has 4 heteroatoms. The fraction of sp³-hybridized carbons (Fsp3) is 0.409. The molecule has 2 aliphatic rings. The molecular weight excluding hydrogens is 326 g/mol. The third kappa shape index (κ3) is 3.34. The van der Waals surface area contributed by atoms with E-state index in [1.54, 1.807) is 0 Å². The average molecular weight is 351 g/mol. The molecule has 0 amide bonds. The quantitative estimate of drug-likeness (QED) is 0.752. The van der Waals surface area contributed by atoms with Gasteiger partial charge < -0.3 is 9.47 Å². The zero-order valence-corrected chi connectivity index (χ0v) is 15.2. The molecule has 1 saturated carbocycles. The Balaban J connectivity index is 1.65. The van der Waals surface area contributed by atoms with Crippen LogP contribution in [0.15, 0.2) is 48.5 Å². The number of carbonyl (C=O) groups is 1. The molecule has 0 bridgehead atoms. The van der Waals surface area contributed by atoms with Crippen LogP contribution in [0, 0.1) is 0 Å². The van der Waals surface area contributed by atoms with E-state index in [1.807, 2.05) is 36.4 Å². The first-order valence-electron chi connectivity index (χ1n) is 9.45. The fourth-order valence-corrected chi connectivity index (χ4v) is 4.11. The van der Waals surface area contributed by atoms with Crippen LogP contribution in [0.5, 0.6) is 5.75 Å². The van der Waals surface area contributed by atoms with Crippen LogP contribution in [0.3, 0.4) is 0 Å². The van der Waals surface area contributed by atoms with E-state index in [0.717, 1.165) is 17.9 Å². The van der Waals surface area contributed by atoms with E-state index in [-0.39, 0.29) is 12.2 Å². The first-order chi connectivity index (χ1) is 12.8. The minimum atomic E-state index is -0.310. The summed E-state index contributed by atoms with van der Waals surface area (Å²) in [6.45, 7) is 0.907. The number of esters is 1. The highest BCUT2D eigenvalue weighted by Crippen LogP contribution is 2.39. The Morgan fingerprint density at radius 1 is 1.04 bits per heavy atom. The second-order valence-electron chi connectivity index (χ2n) is 7.16. The van der Waals surface area contributed by atoms with Crippen molar-refractivity contribution in [2.24, 2.45) is 0 Å². The van der Waals surface area contributed by atoms with Gasteiger partial charge in [-0.3, -0.25) is 4.90 Å². The average Bonchev–Trinajstić information content (AvgIpc) is 2.73. The van der Waals surface area contributed by atoms with Gasteiger partial charge in [-0.1, -0.05) is 49.6 Å². The van der Waals surface area contributed by atoms with Crippen LogP contribution in [0.2, 0.25) is 0 Å². The van der Waals surface area contributed by atoms with Crippen LogP contribution in [0.4, 0.5) is 0 Å². The highest BCUT2D eigenvalue weighted by Gasteiger charge is 2.34. The second kappa shape index (κ2) is 7.50. The number of nitrogens with zero attached hydrogens (tertiary/aromatic N) is 1. The van der Waals surface area contributed by atoms with Crippen molar-refractivity contribution >= 4 is 5.97 Å². The fourth-order valence-electron chi connectivity index (χ4n) is 4.11. The maximum atomic E-state index is 11.7. The van der Waals surface area contributed by atoms with Gasteiger partial charge in [-0.2, -0.15) is 0 Å². The minimum Gasteiger partial charge on any atom is -0.471 e. The summed E-state index contributed by atoms with van der Waals surface area (Å²) in [4.78, 5) is 14.2. The molecule has 1 fully saturated rings. The molecule has 0 radical (unpaired) electrons. The summed E-state index contributed by atoms with van der Waals surface area (Å²) in [6.07, 6.45) is 6.25. The number of rotatable bonds is 3. The lowest BCUT2D eigenvalue weighted by Gasteiger charge is -2.43. The third-order valence-corrected chi connectivity index (χ3v) is 5.53. The molecule has 2 aromatic rings. The number of para-hydroxylation sites is 1. The number of hydrogen-bond donors (Lipinski definition) is 0. The molecule has 26 heavy (non-hydrogen) atoms. The van der Waals surface area contributed by atoms with Crippen LogP contribution < -0.4 is 4.74 Å². The molecule has 2 aromatic carbocycles. The number of methoxy groups -OCH3 is 1. The van der Waals surface area contributed by atoms with Gasteiger partial charge in [0.2, 0.25) is 0 Å². The number of hydrogen-bond acceptors (Lipinski definition) is 4. The van der Waals surface area contributed by atoms with Gasteiger partial charge in [-0.05, 0) is 31.0 Å². The Labute approximate surface area is 154 Å². The minimum absolute atomic E-state index is 0.111. The largest absolute Gasteiger partial charge is 0.471 e. The normalized spacial score (nSPS) is 20.9. The predicted molar refractivity (Wildman–Crippen MR) is 100 cm³/mol. The van der Waals surface area contributed by atoms with Crippen molar-refractivity contribution in [2.75, 3.05) is 7.11 Å². The number of ether oxygens (including phenoxy) is 2. The van der Waals surface area contributed by atoms with Crippen molar-refractivity contribution in [3.05, 3.63) is 65.2 Å². The molecule has 1 atom stereocenters. The highest BCUT2D eigenvalue weighted by molar-refractivity contribution is 5.89. The molecule has 0 N–H and O–H groups in total. The van der Waals surface area contributed by atoms with Crippen molar-refractivity contribution in [3.63, 3.8) is 0 Å². The predicted octanol–water partition coefficient (Wildman–Crippen LogP) is 4.70. The molecule has 1 aliphatic carbocycles. The summed E-state index contributed by atoms with van der Waals surface area (Å²) in [5.41, 5.74) is 2.90. The van der Waals surface area contributed by atoms with Gasteiger partial charge in [0.15, 0.2) is 6.23 Å². The van der Waals surface area contributed by atoms with Gasteiger partial charge in [0.1, 0.15) is 5.75 Å². The standard InChI is InChI=1S/C22H25NO3/c1-25-22(24)17-13-11-16(12-14-17)21-23(19-8-3-2-4-9-19)15-18-7-5-6-10-20(18)26-21/h5-7,10-14,19,21H,2-4,8-9,15H2,1H3/t21-/m0/s1. The van der Waals surface area contributed by atoms with Crippen LogP contribution in [0.1, 0.15) is 59.8 Å². The molecule has 0 aromatic heterocycles. The molecule has 1 aliphatic heterocycles. The summed E-state index contributed by atoms with van der Waals surface area (Å²) in [6, 6.07) is 16.5. The molecular formula is C22H25NO3. The summed E-state index contributed by atoms with van der Waals surface area (Å²) in [7, 11) is 1.40. The van der Waals surface area contributed by atoms with E-state index >= 15 is 0 Å². The summed E-state index contributed by atoms with van der Waals surface area (Å²) < 4.78 is 11.2. The monoisotopic (exact) mass is 351 g/mol. The van der Waals surface area contributed by atoms with Crippen LogP contribution in [0.25, 0.3) is 0 Å². The lowest BCUT2D eigenvalue weighted by molar-refractivity contribution is -0.0423. The highest BCUT2D eigenvalue weighted by atomic mass is 16.5. The van der Waals surface area contributed by atoms with Crippen molar-refractivity contribution in [1.29, 1.82) is 0 Å². The topological polar surface area (TPSA) is 38.8 Å². The van der Waals surface area contributed by atoms with E-state index in [2.05, 4.69) is 17.0 Å². The van der Waals surface area contributed by atoms with E-state index in [9.17, 15) is 4.79 Å².